The Kier molecular flexibility index (Phi) is 8.24. The summed E-state index contributed by atoms with van der Waals surface area (Å²) >= 11 is 0. The zero-order valence-electron chi connectivity index (χ0n) is 12.2. The molecule has 104 valence electrons. The summed E-state index contributed by atoms with van der Waals surface area (Å²) in [4.78, 5) is 0. The van der Waals surface area contributed by atoms with Gasteiger partial charge in [-0.15, -0.1) is 0 Å². The molecule has 0 aliphatic heterocycles. The molecule has 3 unspecified atom stereocenters. The van der Waals surface area contributed by atoms with Crippen LogP contribution in [-0.4, -0.2) is 49.5 Å². The number of hydrogen-bond donors (Lipinski definition) is 1. The van der Waals surface area contributed by atoms with Crippen LogP contribution in [0.15, 0.2) is 0 Å². The lowest BCUT2D eigenvalue weighted by molar-refractivity contribution is -0.264. The Morgan fingerprint density at radius 2 is 1.76 bits per heavy atom. The van der Waals surface area contributed by atoms with Crippen molar-refractivity contribution < 1.29 is 14.2 Å². The first-order valence-corrected chi connectivity index (χ1v) is 7.51. The minimum Gasteiger partial charge on any atom is -0.376 e. The smallest absolute Gasteiger partial charge is 0.193 e. The van der Waals surface area contributed by atoms with Crippen molar-refractivity contribution in [3.8, 4) is 0 Å². The zero-order valence-corrected chi connectivity index (χ0v) is 14.2. The molecule has 0 saturated carbocycles. The topological polar surface area (TPSA) is 53.7 Å². The summed E-state index contributed by atoms with van der Waals surface area (Å²) in [6.45, 7) is 4.10. The highest BCUT2D eigenvalue weighted by molar-refractivity contribution is 6.12. The molecule has 5 heteroatoms. The van der Waals surface area contributed by atoms with Gasteiger partial charge in [0, 0.05) is 44.0 Å². The normalized spacial score (nSPS) is 18.0. The van der Waals surface area contributed by atoms with Crippen LogP contribution >= 0.6 is 0 Å². The summed E-state index contributed by atoms with van der Waals surface area (Å²) in [5.74, 6) is -0.648. The van der Waals surface area contributed by atoms with E-state index in [9.17, 15) is 0 Å². The fraction of sp³-hybridized carbons (Fsp3) is 1.00. The lowest BCUT2D eigenvalue weighted by atomic mass is 9.99. The Labute approximate surface area is 109 Å². The molecule has 0 aromatic heterocycles. The summed E-state index contributed by atoms with van der Waals surface area (Å²) < 4.78 is 16.4. The quantitative estimate of drug-likeness (QED) is 0.491. The standard InChI is InChI=1S/C12H29NO3Si/c1-6-10(13)11(17)7-8-12(15-4,16-5)9(2)14-3/h9-11H,6-8,13H2,1-5,17H3. The molecule has 2 N–H and O–H groups in total. The van der Waals surface area contributed by atoms with E-state index in [2.05, 4.69) is 6.92 Å². The van der Waals surface area contributed by atoms with Gasteiger partial charge in [0.2, 0.25) is 0 Å². The number of rotatable bonds is 9. The van der Waals surface area contributed by atoms with E-state index in [-0.39, 0.29) is 6.10 Å². The number of ether oxygens (including phenoxy) is 3. The van der Waals surface area contributed by atoms with Crippen molar-refractivity contribution in [1.82, 2.24) is 0 Å². The highest BCUT2D eigenvalue weighted by Crippen LogP contribution is 2.28. The predicted molar refractivity (Wildman–Crippen MR) is 74.4 cm³/mol. The fourth-order valence-corrected chi connectivity index (χ4v) is 2.81. The molecule has 0 aromatic rings. The second-order valence-electron chi connectivity index (χ2n) is 4.69. The van der Waals surface area contributed by atoms with Gasteiger partial charge in [0.05, 0.1) is 0 Å². The Morgan fingerprint density at radius 3 is 2.12 bits per heavy atom. The third kappa shape index (κ3) is 4.67. The Bertz CT molecular complexity index is 200. The van der Waals surface area contributed by atoms with Crippen LogP contribution in [0.3, 0.4) is 0 Å². The number of hydrogen-bond acceptors (Lipinski definition) is 4. The first-order chi connectivity index (χ1) is 7.97. The fourth-order valence-electron chi connectivity index (χ4n) is 2.05. The average molecular weight is 263 g/mol. The van der Waals surface area contributed by atoms with E-state index in [1.807, 2.05) is 6.92 Å². The third-order valence-electron chi connectivity index (χ3n) is 3.81. The molecule has 0 saturated heterocycles. The van der Waals surface area contributed by atoms with Crippen LogP contribution in [-0.2, 0) is 14.2 Å². The van der Waals surface area contributed by atoms with Crippen LogP contribution in [0.25, 0.3) is 0 Å². The lowest BCUT2D eigenvalue weighted by Crippen LogP contribution is -2.46. The molecule has 3 atom stereocenters. The molecule has 0 heterocycles. The van der Waals surface area contributed by atoms with Crippen LogP contribution in [0.1, 0.15) is 33.1 Å². The molecule has 0 aliphatic carbocycles. The molecule has 0 fully saturated rings. The predicted octanol–water partition coefficient (Wildman–Crippen LogP) is 0.682. The van der Waals surface area contributed by atoms with Crippen molar-refractivity contribution in [2.24, 2.45) is 5.73 Å². The summed E-state index contributed by atoms with van der Waals surface area (Å²) in [7, 11) is 6.11. The summed E-state index contributed by atoms with van der Waals surface area (Å²) in [6, 6.07) is 0.297. The van der Waals surface area contributed by atoms with Gasteiger partial charge < -0.3 is 19.9 Å². The minimum atomic E-state index is -0.648. The second-order valence-corrected chi connectivity index (χ2v) is 6.17. The highest BCUT2D eigenvalue weighted by atomic mass is 28.1. The maximum atomic E-state index is 6.06. The molecule has 0 bridgehead atoms. The molecule has 0 amide bonds. The third-order valence-corrected chi connectivity index (χ3v) is 5.25. The van der Waals surface area contributed by atoms with Crippen molar-refractivity contribution >= 4 is 10.2 Å². The maximum Gasteiger partial charge on any atom is 0.193 e. The number of methoxy groups -OCH3 is 3. The van der Waals surface area contributed by atoms with Crippen molar-refractivity contribution in [3.05, 3.63) is 0 Å². The van der Waals surface area contributed by atoms with Gasteiger partial charge in [-0.25, -0.2) is 0 Å². The first-order valence-electron chi connectivity index (χ1n) is 6.36. The summed E-state index contributed by atoms with van der Waals surface area (Å²) in [6.07, 6.45) is 2.78. The zero-order chi connectivity index (χ0) is 13.5. The molecule has 0 rings (SSSR count). The Morgan fingerprint density at radius 1 is 1.24 bits per heavy atom. The van der Waals surface area contributed by atoms with Crippen molar-refractivity contribution in [3.63, 3.8) is 0 Å². The minimum absolute atomic E-state index is 0.0933. The van der Waals surface area contributed by atoms with Crippen LogP contribution in [0, 0.1) is 0 Å². The molecule has 17 heavy (non-hydrogen) atoms. The SMILES string of the molecule is CCC(N)C([SiH3])CCC(OC)(OC)C(C)OC. The van der Waals surface area contributed by atoms with Gasteiger partial charge in [-0.2, -0.15) is 0 Å². The van der Waals surface area contributed by atoms with Gasteiger partial charge in [-0.1, -0.05) is 6.92 Å². The second kappa shape index (κ2) is 8.21. The van der Waals surface area contributed by atoms with E-state index in [0.29, 0.717) is 11.6 Å². The van der Waals surface area contributed by atoms with Gasteiger partial charge >= 0.3 is 0 Å². The summed E-state index contributed by atoms with van der Waals surface area (Å²) in [5.41, 5.74) is 6.65. The van der Waals surface area contributed by atoms with E-state index in [4.69, 9.17) is 19.9 Å². The van der Waals surface area contributed by atoms with Crippen molar-refractivity contribution in [1.29, 1.82) is 0 Å². The number of nitrogens with two attached hydrogens (primary N) is 1. The van der Waals surface area contributed by atoms with Gasteiger partial charge in [-0.05, 0) is 25.3 Å². The maximum absolute atomic E-state index is 6.06. The lowest BCUT2D eigenvalue weighted by Gasteiger charge is -2.36. The molecule has 0 aromatic carbocycles. The molecule has 4 nitrogen and oxygen atoms in total. The van der Waals surface area contributed by atoms with Crippen LogP contribution in [0.2, 0.25) is 5.54 Å². The first kappa shape index (κ1) is 17.1. The van der Waals surface area contributed by atoms with E-state index >= 15 is 0 Å². The molecular formula is C12H29NO3Si. The van der Waals surface area contributed by atoms with E-state index in [0.717, 1.165) is 29.5 Å². The average Bonchev–Trinajstić information content (AvgIpc) is 2.38. The monoisotopic (exact) mass is 263 g/mol. The van der Waals surface area contributed by atoms with Crippen molar-refractivity contribution in [2.75, 3.05) is 21.3 Å². The summed E-state index contributed by atoms with van der Waals surface area (Å²) in [5, 5.41) is 0. The van der Waals surface area contributed by atoms with Crippen LogP contribution in [0.5, 0.6) is 0 Å². The van der Waals surface area contributed by atoms with E-state index < -0.39 is 5.79 Å². The molecular weight excluding hydrogens is 234 g/mol. The van der Waals surface area contributed by atoms with Gasteiger partial charge in [0.15, 0.2) is 5.79 Å². The van der Waals surface area contributed by atoms with Crippen LogP contribution in [0.4, 0.5) is 0 Å². The largest absolute Gasteiger partial charge is 0.376 e. The van der Waals surface area contributed by atoms with E-state index in [1.54, 1.807) is 21.3 Å². The van der Waals surface area contributed by atoms with Gasteiger partial charge in [0.1, 0.15) is 6.10 Å². The van der Waals surface area contributed by atoms with Gasteiger partial charge in [0.25, 0.3) is 0 Å². The molecule has 0 spiro atoms. The Hall–Kier alpha value is 0.0569. The van der Waals surface area contributed by atoms with Gasteiger partial charge in [-0.3, -0.25) is 0 Å². The van der Waals surface area contributed by atoms with Crippen molar-refractivity contribution in [2.45, 2.75) is 56.6 Å². The Balaban J connectivity index is 4.45. The highest BCUT2D eigenvalue weighted by Gasteiger charge is 2.37. The molecule has 0 radical (unpaired) electrons. The van der Waals surface area contributed by atoms with E-state index in [1.165, 1.54) is 0 Å². The molecule has 0 aliphatic rings. The van der Waals surface area contributed by atoms with Crippen LogP contribution < -0.4 is 5.73 Å².